The van der Waals surface area contributed by atoms with Crippen molar-refractivity contribution in [3.8, 4) is 0 Å². The Morgan fingerprint density at radius 1 is 1.30 bits per heavy atom. The van der Waals surface area contributed by atoms with E-state index < -0.39 is 22.2 Å². The minimum atomic E-state index is -3.44. The van der Waals surface area contributed by atoms with Gasteiger partial charge in [0.2, 0.25) is 15.9 Å². The Morgan fingerprint density at radius 3 is 2.40 bits per heavy atom. The van der Waals surface area contributed by atoms with Crippen molar-refractivity contribution in [2.45, 2.75) is 64.1 Å². The number of carbonyl (C=O) groups excluding carboxylic acids is 1. The Bertz CT molecular complexity index is 422. The Labute approximate surface area is 121 Å². The first-order valence-corrected chi connectivity index (χ1v) is 9.04. The second kappa shape index (κ2) is 7.38. The van der Waals surface area contributed by atoms with Gasteiger partial charge in [-0.2, -0.15) is 0 Å². The molecule has 6 nitrogen and oxygen atoms in total. The van der Waals surface area contributed by atoms with Gasteiger partial charge in [-0.3, -0.25) is 4.79 Å². The van der Waals surface area contributed by atoms with E-state index in [1.165, 1.54) is 0 Å². The van der Waals surface area contributed by atoms with Gasteiger partial charge < -0.3 is 10.4 Å². The van der Waals surface area contributed by atoms with E-state index in [9.17, 15) is 18.3 Å². The molecule has 0 aromatic rings. The first-order chi connectivity index (χ1) is 9.19. The summed E-state index contributed by atoms with van der Waals surface area (Å²) in [5, 5.41) is 12.6. The fourth-order valence-corrected chi connectivity index (χ4v) is 3.22. The second-order valence-corrected chi connectivity index (χ2v) is 7.82. The summed E-state index contributed by atoms with van der Waals surface area (Å²) in [6.45, 7) is 3.86. The molecule has 1 amide bonds. The van der Waals surface area contributed by atoms with Gasteiger partial charge in [-0.25, -0.2) is 13.1 Å². The Morgan fingerprint density at radius 2 is 1.90 bits per heavy atom. The minimum absolute atomic E-state index is 0.191. The molecule has 1 aliphatic carbocycles. The number of nitrogens with one attached hydrogen (secondary N) is 2. The molecule has 0 bridgehead atoms. The van der Waals surface area contributed by atoms with Crippen molar-refractivity contribution in [2.24, 2.45) is 5.92 Å². The number of sulfonamides is 1. The van der Waals surface area contributed by atoms with Crippen LogP contribution in [0.15, 0.2) is 0 Å². The van der Waals surface area contributed by atoms with Crippen molar-refractivity contribution >= 4 is 15.9 Å². The number of carbonyl (C=O) groups is 1. The molecule has 0 saturated heterocycles. The monoisotopic (exact) mass is 306 g/mol. The van der Waals surface area contributed by atoms with Crippen molar-refractivity contribution in [3.05, 3.63) is 0 Å². The zero-order valence-electron chi connectivity index (χ0n) is 12.4. The average Bonchev–Trinajstić information content (AvgIpc) is 2.28. The number of hydrogen-bond acceptors (Lipinski definition) is 4. The van der Waals surface area contributed by atoms with Crippen LogP contribution in [0.4, 0.5) is 0 Å². The molecule has 7 heteroatoms. The maximum Gasteiger partial charge on any atom is 0.238 e. The predicted octanol–water partition coefficient (Wildman–Crippen LogP) is 0.370. The molecule has 1 fully saturated rings. The van der Waals surface area contributed by atoms with Gasteiger partial charge >= 0.3 is 0 Å². The molecule has 0 radical (unpaired) electrons. The molecule has 3 atom stereocenters. The maximum absolute atomic E-state index is 12.2. The zero-order chi connectivity index (χ0) is 15.3. The molecule has 1 rings (SSSR count). The molecule has 0 heterocycles. The third-order valence-electron chi connectivity index (χ3n) is 3.44. The lowest BCUT2D eigenvalue weighted by Gasteiger charge is -2.30. The van der Waals surface area contributed by atoms with Gasteiger partial charge in [0.1, 0.15) is 6.04 Å². The van der Waals surface area contributed by atoms with Crippen molar-refractivity contribution in [3.63, 3.8) is 0 Å². The fourth-order valence-electron chi connectivity index (χ4n) is 2.50. The second-order valence-electron chi connectivity index (χ2n) is 6.04. The van der Waals surface area contributed by atoms with Crippen LogP contribution in [0.2, 0.25) is 0 Å². The quantitative estimate of drug-likeness (QED) is 0.660. The Balaban J connectivity index is 2.66. The molecule has 20 heavy (non-hydrogen) atoms. The number of amides is 1. The van der Waals surface area contributed by atoms with E-state index in [1.54, 1.807) is 0 Å². The maximum atomic E-state index is 12.2. The van der Waals surface area contributed by atoms with Gasteiger partial charge in [0.15, 0.2) is 0 Å². The lowest BCUT2D eigenvalue weighted by Crippen LogP contribution is -2.53. The van der Waals surface area contributed by atoms with Crippen LogP contribution in [0.1, 0.15) is 46.0 Å². The highest BCUT2D eigenvalue weighted by molar-refractivity contribution is 7.88. The standard InChI is InChI=1S/C13H26N2O4S/c1-9(2)8-11(15-20(3,18)19)13(17)14-10-6-4-5-7-12(10)16/h9-12,15-16H,4-8H2,1-3H3,(H,14,17)/t10-,11?,12-/m0/s1. The molecule has 3 N–H and O–H groups in total. The number of hydrogen-bond donors (Lipinski definition) is 3. The van der Waals surface area contributed by atoms with Crippen LogP contribution in [-0.4, -0.2) is 43.9 Å². The van der Waals surface area contributed by atoms with Gasteiger partial charge in [-0.15, -0.1) is 0 Å². The highest BCUT2D eigenvalue weighted by Crippen LogP contribution is 2.18. The summed E-state index contributed by atoms with van der Waals surface area (Å²) in [4.78, 5) is 12.2. The SMILES string of the molecule is CC(C)CC(NS(C)(=O)=O)C(=O)N[C@H]1CCCC[C@@H]1O. The molecular weight excluding hydrogens is 280 g/mol. The lowest BCUT2D eigenvalue weighted by molar-refractivity contribution is -0.125. The summed E-state index contributed by atoms with van der Waals surface area (Å²) >= 11 is 0. The molecule has 0 spiro atoms. The smallest absolute Gasteiger partial charge is 0.238 e. The molecule has 0 aromatic carbocycles. The van der Waals surface area contributed by atoms with Crippen LogP contribution in [-0.2, 0) is 14.8 Å². The molecule has 1 saturated carbocycles. The van der Waals surface area contributed by atoms with Crippen LogP contribution in [0, 0.1) is 5.92 Å². The van der Waals surface area contributed by atoms with Gasteiger partial charge in [-0.1, -0.05) is 26.7 Å². The van der Waals surface area contributed by atoms with E-state index >= 15 is 0 Å². The third kappa shape index (κ3) is 6.19. The van der Waals surface area contributed by atoms with Gasteiger partial charge in [0, 0.05) is 0 Å². The number of aliphatic hydroxyl groups is 1. The zero-order valence-corrected chi connectivity index (χ0v) is 13.2. The van der Waals surface area contributed by atoms with E-state index in [0.29, 0.717) is 12.8 Å². The van der Waals surface area contributed by atoms with E-state index in [4.69, 9.17) is 0 Å². The van der Waals surface area contributed by atoms with Crippen LogP contribution in [0.25, 0.3) is 0 Å². The summed E-state index contributed by atoms with van der Waals surface area (Å²) < 4.78 is 25.1. The van der Waals surface area contributed by atoms with Gasteiger partial charge in [-0.05, 0) is 25.2 Å². The summed E-state index contributed by atoms with van der Waals surface area (Å²) in [5.74, 6) is -0.161. The summed E-state index contributed by atoms with van der Waals surface area (Å²) in [5.41, 5.74) is 0. The van der Waals surface area contributed by atoms with Crippen LogP contribution < -0.4 is 10.0 Å². The van der Waals surface area contributed by atoms with Crippen molar-refractivity contribution in [1.29, 1.82) is 0 Å². The number of aliphatic hydroxyl groups excluding tert-OH is 1. The summed E-state index contributed by atoms with van der Waals surface area (Å²) in [6.07, 6.45) is 4.29. The first-order valence-electron chi connectivity index (χ1n) is 7.15. The highest BCUT2D eigenvalue weighted by atomic mass is 32.2. The molecule has 1 aliphatic rings. The third-order valence-corrected chi connectivity index (χ3v) is 4.15. The van der Waals surface area contributed by atoms with E-state index in [1.807, 2.05) is 13.8 Å². The number of rotatable bonds is 6. The van der Waals surface area contributed by atoms with Crippen molar-refractivity contribution < 1.29 is 18.3 Å². The van der Waals surface area contributed by atoms with E-state index in [-0.39, 0.29) is 17.9 Å². The molecule has 0 aromatic heterocycles. The topological polar surface area (TPSA) is 95.5 Å². The summed E-state index contributed by atoms with van der Waals surface area (Å²) in [6, 6.07) is -1.05. The van der Waals surface area contributed by atoms with Crippen LogP contribution in [0.3, 0.4) is 0 Å². The van der Waals surface area contributed by atoms with Crippen molar-refractivity contribution in [2.75, 3.05) is 6.26 Å². The van der Waals surface area contributed by atoms with Gasteiger partial charge in [0.25, 0.3) is 0 Å². The largest absolute Gasteiger partial charge is 0.391 e. The molecule has 118 valence electrons. The van der Waals surface area contributed by atoms with Crippen LogP contribution >= 0.6 is 0 Å². The molecule has 0 aliphatic heterocycles. The summed E-state index contributed by atoms with van der Waals surface area (Å²) in [7, 11) is -3.44. The highest BCUT2D eigenvalue weighted by Gasteiger charge is 2.29. The van der Waals surface area contributed by atoms with Crippen LogP contribution in [0.5, 0.6) is 0 Å². The average molecular weight is 306 g/mol. The predicted molar refractivity (Wildman–Crippen MR) is 77.6 cm³/mol. The Hall–Kier alpha value is -0.660. The van der Waals surface area contributed by atoms with E-state index in [0.717, 1.165) is 25.5 Å². The van der Waals surface area contributed by atoms with Gasteiger partial charge in [0.05, 0.1) is 18.4 Å². The first kappa shape index (κ1) is 17.4. The minimum Gasteiger partial charge on any atom is -0.391 e. The lowest BCUT2D eigenvalue weighted by atomic mass is 9.92. The van der Waals surface area contributed by atoms with Crippen molar-refractivity contribution in [1.82, 2.24) is 10.0 Å². The molecule has 1 unspecified atom stereocenters. The molecular formula is C13H26N2O4S. The fraction of sp³-hybridized carbons (Fsp3) is 0.923. The Kier molecular flexibility index (Phi) is 6.42. The van der Waals surface area contributed by atoms with E-state index in [2.05, 4.69) is 10.0 Å². The normalized spacial score (nSPS) is 25.4.